The van der Waals surface area contributed by atoms with Crippen molar-refractivity contribution in [3.8, 4) is 0 Å². The van der Waals surface area contributed by atoms with Gasteiger partial charge < -0.3 is 9.88 Å². The molecule has 100 valence electrons. The summed E-state index contributed by atoms with van der Waals surface area (Å²) in [5, 5.41) is 1.25. The zero-order valence-electron chi connectivity index (χ0n) is 11.8. The number of aromatic amines is 1. The first-order valence-corrected chi connectivity index (χ1v) is 6.84. The largest absolute Gasteiger partial charge is 0.358 e. The van der Waals surface area contributed by atoms with Crippen LogP contribution in [-0.2, 0) is 17.8 Å². The van der Waals surface area contributed by atoms with E-state index in [0.717, 1.165) is 19.5 Å². The number of hydrogen-bond acceptors (Lipinski definition) is 1. The fourth-order valence-electron chi connectivity index (χ4n) is 2.81. The van der Waals surface area contributed by atoms with Crippen molar-refractivity contribution in [3.05, 3.63) is 35.5 Å². The van der Waals surface area contributed by atoms with Crippen LogP contribution in [-0.4, -0.2) is 22.3 Å². The molecule has 0 fully saturated rings. The van der Waals surface area contributed by atoms with Gasteiger partial charge in [-0.25, -0.2) is 0 Å². The van der Waals surface area contributed by atoms with Gasteiger partial charge in [0, 0.05) is 47.1 Å². The van der Waals surface area contributed by atoms with Gasteiger partial charge in [0.1, 0.15) is 0 Å². The molecule has 0 unspecified atom stereocenters. The lowest BCUT2D eigenvalue weighted by Crippen LogP contribution is -2.42. The Morgan fingerprint density at radius 3 is 2.74 bits per heavy atom. The molecular weight excluding hydrogens is 236 g/mol. The number of H-pyrrole nitrogens is 1. The summed E-state index contributed by atoms with van der Waals surface area (Å²) in [6.07, 6.45) is 0.922. The number of amides is 1. The number of hydrogen-bond donors (Lipinski definition) is 1. The molecule has 19 heavy (non-hydrogen) atoms. The summed E-state index contributed by atoms with van der Waals surface area (Å²) in [4.78, 5) is 17.9. The second-order valence-corrected chi connectivity index (χ2v) is 6.35. The summed E-state index contributed by atoms with van der Waals surface area (Å²) in [5.74, 6) is 0.239. The first-order valence-electron chi connectivity index (χ1n) is 6.84. The van der Waals surface area contributed by atoms with Gasteiger partial charge in [-0.1, -0.05) is 39.0 Å². The molecule has 0 spiro atoms. The number of fused-ring (bicyclic) bond motifs is 3. The van der Waals surface area contributed by atoms with E-state index in [4.69, 9.17) is 0 Å². The highest BCUT2D eigenvalue weighted by atomic mass is 16.2. The summed E-state index contributed by atoms with van der Waals surface area (Å²) in [6, 6.07) is 8.34. The summed E-state index contributed by atoms with van der Waals surface area (Å²) in [6.45, 7) is 7.51. The van der Waals surface area contributed by atoms with Crippen LogP contribution >= 0.6 is 0 Å². The molecule has 0 saturated heterocycles. The van der Waals surface area contributed by atoms with E-state index in [2.05, 4.69) is 23.2 Å². The molecule has 2 heterocycles. The van der Waals surface area contributed by atoms with E-state index < -0.39 is 0 Å². The zero-order valence-corrected chi connectivity index (χ0v) is 11.8. The molecular formula is C16H20N2O. The van der Waals surface area contributed by atoms with Crippen LogP contribution in [0.1, 0.15) is 32.0 Å². The molecule has 1 aromatic carbocycles. The molecule has 1 aliphatic rings. The summed E-state index contributed by atoms with van der Waals surface area (Å²) in [7, 11) is 0. The molecule has 0 bridgehead atoms. The standard InChI is InChI=1S/C16H20N2O/c1-16(2,3)15(19)18-9-8-14-12(10-18)11-6-4-5-7-13(11)17-14/h4-7,17H,8-10H2,1-3H3. The number of rotatable bonds is 0. The molecule has 0 radical (unpaired) electrons. The maximum absolute atomic E-state index is 12.4. The van der Waals surface area contributed by atoms with Crippen LogP contribution in [0.3, 0.4) is 0 Å². The van der Waals surface area contributed by atoms with Crippen molar-refractivity contribution < 1.29 is 4.79 Å². The predicted molar refractivity (Wildman–Crippen MR) is 76.9 cm³/mol. The number of carbonyl (C=O) groups excluding carboxylic acids is 1. The van der Waals surface area contributed by atoms with E-state index in [1.165, 1.54) is 22.2 Å². The van der Waals surface area contributed by atoms with Gasteiger partial charge in [0.2, 0.25) is 5.91 Å². The Labute approximate surface area is 113 Å². The molecule has 0 aliphatic carbocycles. The van der Waals surface area contributed by atoms with E-state index in [0.29, 0.717) is 0 Å². The van der Waals surface area contributed by atoms with Gasteiger partial charge in [-0.3, -0.25) is 4.79 Å². The Hall–Kier alpha value is -1.77. The van der Waals surface area contributed by atoms with Crippen LogP contribution < -0.4 is 0 Å². The van der Waals surface area contributed by atoms with Gasteiger partial charge in [-0.2, -0.15) is 0 Å². The van der Waals surface area contributed by atoms with Crippen LogP contribution in [0.15, 0.2) is 24.3 Å². The molecule has 1 amide bonds. The molecule has 2 aromatic rings. The minimum Gasteiger partial charge on any atom is -0.358 e. The van der Waals surface area contributed by atoms with Crippen LogP contribution in [0.4, 0.5) is 0 Å². The molecule has 3 rings (SSSR count). The predicted octanol–water partition coefficient (Wildman–Crippen LogP) is 3.10. The van der Waals surface area contributed by atoms with Crippen molar-refractivity contribution in [2.24, 2.45) is 5.41 Å². The van der Waals surface area contributed by atoms with E-state index in [9.17, 15) is 4.79 Å². The van der Waals surface area contributed by atoms with E-state index in [1.807, 2.05) is 31.7 Å². The molecule has 1 aliphatic heterocycles. The van der Waals surface area contributed by atoms with Crippen molar-refractivity contribution in [2.45, 2.75) is 33.7 Å². The topological polar surface area (TPSA) is 36.1 Å². The van der Waals surface area contributed by atoms with Crippen molar-refractivity contribution in [1.82, 2.24) is 9.88 Å². The Balaban J connectivity index is 1.97. The highest BCUT2D eigenvalue weighted by Crippen LogP contribution is 2.29. The summed E-state index contributed by atoms with van der Waals surface area (Å²) in [5.41, 5.74) is 3.46. The van der Waals surface area contributed by atoms with Crippen LogP contribution in [0, 0.1) is 5.41 Å². The minimum atomic E-state index is -0.302. The third-order valence-corrected chi connectivity index (χ3v) is 3.81. The molecule has 1 N–H and O–H groups in total. The van der Waals surface area contributed by atoms with Gasteiger partial charge in [0.15, 0.2) is 0 Å². The average molecular weight is 256 g/mol. The van der Waals surface area contributed by atoms with Crippen molar-refractivity contribution in [1.29, 1.82) is 0 Å². The van der Waals surface area contributed by atoms with Gasteiger partial charge >= 0.3 is 0 Å². The van der Waals surface area contributed by atoms with Crippen molar-refractivity contribution >= 4 is 16.8 Å². The zero-order chi connectivity index (χ0) is 13.6. The smallest absolute Gasteiger partial charge is 0.228 e. The molecule has 3 heteroatoms. The van der Waals surface area contributed by atoms with Gasteiger partial charge in [0.05, 0.1) is 0 Å². The fourth-order valence-corrected chi connectivity index (χ4v) is 2.81. The maximum Gasteiger partial charge on any atom is 0.228 e. The van der Waals surface area contributed by atoms with E-state index in [1.54, 1.807) is 0 Å². The fraction of sp³-hybridized carbons (Fsp3) is 0.438. The van der Waals surface area contributed by atoms with Crippen LogP contribution in [0.2, 0.25) is 0 Å². The quantitative estimate of drug-likeness (QED) is 0.772. The number of aromatic nitrogens is 1. The third kappa shape index (κ3) is 2.03. The van der Waals surface area contributed by atoms with Gasteiger partial charge in [-0.05, 0) is 6.07 Å². The normalized spacial score (nSPS) is 15.6. The summed E-state index contributed by atoms with van der Waals surface area (Å²) < 4.78 is 0. The lowest BCUT2D eigenvalue weighted by molar-refractivity contribution is -0.140. The summed E-state index contributed by atoms with van der Waals surface area (Å²) >= 11 is 0. The highest BCUT2D eigenvalue weighted by molar-refractivity contribution is 5.87. The van der Waals surface area contributed by atoms with Gasteiger partial charge in [-0.15, -0.1) is 0 Å². The number of nitrogens with one attached hydrogen (secondary N) is 1. The molecule has 1 aromatic heterocycles. The second kappa shape index (κ2) is 4.12. The minimum absolute atomic E-state index is 0.239. The van der Waals surface area contributed by atoms with Crippen molar-refractivity contribution in [2.75, 3.05) is 6.54 Å². The van der Waals surface area contributed by atoms with Crippen LogP contribution in [0.5, 0.6) is 0 Å². The number of nitrogens with zero attached hydrogens (tertiary/aromatic N) is 1. The first-order chi connectivity index (χ1) is 8.97. The monoisotopic (exact) mass is 256 g/mol. The first kappa shape index (κ1) is 12.3. The Morgan fingerprint density at radius 1 is 1.26 bits per heavy atom. The number of carbonyl (C=O) groups is 1. The SMILES string of the molecule is CC(C)(C)C(=O)N1CCc2[nH]c3ccccc3c2C1. The maximum atomic E-state index is 12.4. The molecule has 0 atom stereocenters. The molecule has 3 nitrogen and oxygen atoms in total. The third-order valence-electron chi connectivity index (χ3n) is 3.81. The highest BCUT2D eigenvalue weighted by Gasteiger charge is 2.30. The van der Waals surface area contributed by atoms with E-state index >= 15 is 0 Å². The lowest BCUT2D eigenvalue weighted by atomic mass is 9.93. The molecule has 0 saturated carbocycles. The Bertz CT molecular complexity index is 634. The Morgan fingerprint density at radius 2 is 2.00 bits per heavy atom. The lowest BCUT2D eigenvalue weighted by Gasteiger charge is -2.32. The van der Waals surface area contributed by atoms with Crippen molar-refractivity contribution in [3.63, 3.8) is 0 Å². The second-order valence-electron chi connectivity index (χ2n) is 6.35. The van der Waals surface area contributed by atoms with E-state index in [-0.39, 0.29) is 11.3 Å². The Kier molecular flexibility index (Phi) is 2.66. The average Bonchev–Trinajstić information content (AvgIpc) is 2.74. The van der Waals surface area contributed by atoms with Gasteiger partial charge in [0.25, 0.3) is 0 Å². The van der Waals surface area contributed by atoms with Crippen LogP contribution in [0.25, 0.3) is 10.9 Å². The number of para-hydroxylation sites is 1. The number of benzene rings is 1.